The van der Waals surface area contributed by atoms with Crippen LogP contribution in [-0.2, 0) is 9.53 Å². The Hall–Kier alpha value is -2.70. The second-order valence-electron chi connectivity index (χ2n) is 5.51. The highest BCUT2D eigenvalue weighted by Gasteiger charge is 2.39. The van der Waals surface area contributed by atoms with Gasteiger partial charge < -0.3 is 24.4 Å². The number of benzene rings is 1. The number of hydrogen-bond acceptors (Lipinski definition) is 5. The van der Waals surface area contributed by atoms with Gasteiger partial charge in [-0.25, -0.2) is 9.59 Å². The Balaban J connectivity index is 2.62. The van der Waals surface area contributed by atoms with E-state index in [4.69, 9.17) is 9.47 Å². The molecule has 1 aliphatic heterocycles. The van der Waals surface area contributed by atoms with Crippen LogP contribution in [0.5, 0.6) is 11.5 Å². The Morgan fingerprint density at radius 3 is 2.58 bits per heavy atom. The third kappa shape index (κ3) is 2.89. The lowest BCUT2D eigenvalue weighted by atomic mass is 9.93. The van der Waals surface area contributed by atoms with E-state index in [1.807, 2.05) is 0 Å². The van der Waals surface area contributed by atoms with Gasteiger partial charge in [0.2, 0.25) is 0 Å². The molecule has 1 heterocycles. The van der Waals surface area contributed by atoms with E-state index < -0.39 is 12.0 Å². The first kappa shape index (κ1) is 17.7. The standard InChI is InChI=1S/C17H22N2O5/c1-6-24-16(21)14-10(2)18(3)17(22)19(4)15(14)11-7-8-12(20)13(9-11)23-5/h7-9,15,20H,6H2,1-5H3. The Labute approximate surface area is 141 Å². The number of hydrogen-bond donors (Lipinski definition) is 1. The summed E-state index contributed by atoms with van der Waals surface area (Å²) in [6.45, 7) is 3.68. The minimum absolute atomic E-state index is 0.0125. The molecule has 0 aliphatic carbocycles. The van der Waals surface area contributed by atoms with Gasteiger partial charge in [-0.2, -0.15) is 0 Å². The molecule has 1 N–H and O–H groups in total. The van der Waals surface area contributed by atoms with E-state index in [1.165, 1.54) is 23.0 Å². The second-order valence-corrected chi connectivity index (χ2v) is 5.51. The molecular formula is C17H22N2O5. The van der Waals surface area contributed by atoms with Gasteiger partial charge in [-0.05, 0) is 31.5 Å². The van der Waals surface area contributed by atoms with Crippen molar-refractivity contribution < 1.29 is 24.2 Å². The first-order valence-corrected chi connectivity index (χ1v) is 7.58. The van der Waals surface area contributed by atoms with E-state index in [0.717, 1.165) is 0 Å². The monoisotopic (exact) mass is 334 g/mol. The van der Waals surface area contributed by atoms with Crippen molar-refractivity contribution in [2.24, 2.45) is 0 Å². The molecule has 0 radical (unpaired) electrons. The summed E-state index contributed by atoms with van der Waals surface area (Å²) < 4.78 is 10.3. The molecule has 0 aromatic heterocycles. The first-order valence-electron chi connectivity index (χ1n) is 7.58. The molecule has 0 bridgehead atoms. The zero-order valence-corrected chi connectivity index (χ0v) is 14.5. The maximum absolute atomic E-state index is 12.5. The Bertz CT molecular complexity index is 698. The third-order valence-corrected chi connectivity index (χ3v) is 4.16. The topological polar surface area (TPSA) is 79.3 Å². The zero-order chi connectivity index (χ0) is 18.0. The maximum atomic E-state index is 12.5. The average molecular weight is 334 g/mol. The van der Waals surface area contributed by atoms with Crippen LogP contribution in [-0.4, -0.2) is 54.7 Å². The fourth-order valence-electron chi connectivity index (χ4n) is 2.79. The maximum Gasteiger partial charge on any atom is 0.338 e. The first-order chi connectivity index (χ1) is 11.3. The molecule has 1 aromatic rings. The summed E-state index contributed by atoms with van der Waals surface area (Å²) in [4.78, 5) is 27.8. The van der Waals surface area contributed by atoms with E-state index in [1.54, 1.807) is 40.1 Å². The minimum atomic E-state index is -0.623. The summed E-state index contributed by atoms with van der Waals surface area (Å²) in [5.74, 6) is -0.215. The highest BCUT2D eigenvalue weighted by molar-refractivity contribution is 5.95. The van der Waals surface area contributed by atoms with Crippen molar-refractivity contribution in [1.82, 2.24) is 9.80 Å². The van der Waals surface area contributed by atoms with Crippen molar-refractivity contribution in [3.8, 4) is 11.5 Å². The van der Waals surface area contributed by atoms with Crippen LogP contribution >= 0.6 is 0 Å². The molecule has 0 fully saturated rings. The van der Waals surface area contributed by atoms with Crippen molar-refractivity contribution in [2.75, 3.05) is 27.8 Å². The number of carbonyl (C=O) groups is 2. The number of nitrogens with zero attached hydrogens (tertiary/aromatic N) is 2. The van der Waals surface area contributed by atoms with Gasteiger partial charge in [0.1, 0.15) is 0 Å². The molecule has 0 saturated carbocycles. The van der Waals surface area contributed by atoms with Crippen LogP contribution in [0.1, 0.15) is 25.5 Å². The number of likely N-dealkylation sites (N-methyl/N-ethyl adjacent to an activating group) is 1. The van der Waals surface area contributed by atoms with Gasteiger partial charge >= 0.3 is 12.0 Å². The Morgan fingerprint density at radius 1 is 1.33 bits per heavy atom. The van der Waals surface area contributed by atoms with Gasteiger partial charge in [0.25, 0.3) is 0 Å². The van der Waals surface area contributed by atoms with E-state index in [2.05, 4.69) is 0 Å². The molecule has 24 heavy (non-hydrogen) atoms. The largest absolute Gasteiger partial charge is 0.504 e. The quantitative estimate of drug-likeness (QED) is 0.855. The molecule has 7 heteroatoms. The molecule has 130 valence electrons. The molecule has 1 atom stereocenters. The van der Waals surface area contributed by atoms with Crippen molar-refractivity contribution >= 4 is 12.0 Å². The van der Waals surface area contributed by atoms with Crippen molar-refractivity contribution in [1.29, 1.82) is 0 Å². The zero-order valence-electron chi connectivity index (χ0n) is 14.5. The van der Waals surface area contributed by atoms with Crippen LogP contribution < -0.4 is 4.74 Å². The number of allylic oxidation sites excluding steroid dienone is 1. The van der Waals surface area contributed by atoms with Gasteiger partial charge in [-0.15, -0.1) is 0 Å². The minimum Gasteiger partial charge on any atom is -0.504 e. The van der Waals surface area contributed by atoms with Crippen LogP contribution in [0.4, 0.5) is 4.79 Å². The van der Waals surface area contributed by atoms with Crippen molar-refractivity contribution in [2.45, 2.75) is 19.9 Å². The number of aromatic hydroxyl groups is 1. The van der Waals surface area contributed by atoms with Crippen LogP contribution in [0.2, 0.25) is 0 Å². The summed E-state index contributed by atoms with van der Waals surface area (Å²) >= 11 is 0. The second kappa shape index (κ2) is 6.82. The lowest BCUT2D eigenvalue weighted by molar-refractivity contribution is -0.139. The number of phenols is 1. The number of rotatable bonds is 4. The summed E-state index contributed by atoms with van der Waals surface area (Å²) in [7, 11) is 4.67. The number of methoxy groups -OCH3 is 1. The molecular weight excluding hydrogens is 312 g/mol. The molecule has 2 rings (SSSR count). The fraction of sp³-hybridized carbons (Fsp3) is 0.412. The van der Waals surface area contributed by atoms with Crippen LogP contribution in [0, 0.1) is 0 Å². The number of urea groups is 1. The van der Waals surface area contributed by atoms with Gasteiger partial charge in [-0.1, -0.05) is 6.07 Å². The molecule has 1 aliphatic rings. The highest BCUT2D eigenvalue weighted by Crippen LogP contribution is 2.39. The predicted octanol–water partition coefficient (Wildman–Crippen LogP) is 2.28. The van der Waals surface area contributed by atoms with E-state index >= 15 is 0 Å². The third-order valence-electron chi connectivity index (χ3n) is 4.16. The van der Waals surface area contributed by atoms with Crippen LogP contribution in [0.25, 0.3) is 0 Å². The number of amides is 2. The molecule has 7 nitrogen and oxygen atoms in total. The van der Waals surface area contributed by atoms with Crippen molar-refractivity contribution in [3.05, 3.63) is 35.0 Å². The van der Waals surface area contributed by atoms with Gasteiger partial charge in [0.05, 0.1) is 25.3 Å². The Morgan fingerprint density at radius 2 is 2.00 bits per heavy atom. The van der Waals surface area contributed by atoms with Crippen molar-refractivity contribution in [3.63, 3.8) is 0 Å². The van der Waals surface area contributed by atoms with E-state index in [9.17, 15) is 14.7 Å². The average Bonchev–Trinajstić information content (AvgIpc) is 2.56. The van der Waals surface area contributed by atoms with E-state index in [0.29, 0.717) is 16.8 Å². The van der Waals surface area contributed by atoms with E-state index in [-0.39, 0.29) is 24.1 Å². The predicted molar refractivity (Wildman–Crippen MR) is 87.7 cm³/mol. The van der Waals surface area contributed by atoms with Gasteiger partial charge in [0.15, 0.2) is 11.5 Å². The lowest BCUT2D eigenvalue weighted by Gasteiger charge is -2.39. The number of carbonyl (C=O) groups excluding carboxylic acids is 2. The smallest absolute Gasteiger partial charge is 0.338 e. The fourth-order valence-corrected chi connectivity index (χ4v) is 2.79. The number of esters is 1. The van der Waals surface area contributed by atoms with Gasteiger partial charge in [0, 0.05) is 19.8 Å². The molecule has 1 aromatic carbocycles. The SMILES string of the molecule is CCOC(=O)C1=C(C)N(C)C(=O)N(C)C1c1ccc(O)c(OC)c1. The van der Waals surface area contributed by atoms with Gasteiger partial charge in [-0.3, -0.25) is 0 Å². The molecule has 2 amide bonds. The normalized spacial score (nSPS) is 18.0. The summed E-state index contributed by atoms with van der Waals surface area (Å²) in [6.07, 6.45) is 0. The number of ether oxygens (including phenoxy) is 2. The number of phenolic OH excluding ortho intramolecular Hbond substituents is 1. The summed E-state index contributed by atoms with van der Waals surface area (Å²) in [6, 6.07) is 3.88. The molecule has 0 spiro atoms. The van der Waals surface area contributed by atoms with Crippen LogP contribution in [0.15, 0.2) is 29.5 Å². The molecule has 1 unspecified atom stereocenters. The summed E-state index contributed by atoms with van der Waals surface area (Å²) in [5, 5.41) is 9.79. The Kier molecular flexibility index (Phi) is 5.02. The highest BCUT2D eigenvalue weighted by atomic mass is 16.5. The van der Waals surface area contributed by atoms with Crippen LogP contribution in [0.3, 0.4) is 0 Å². The summed E-state index contributed by atoms with van der Waals surface area (Å²) in [5.41, 5.74) is 1.57. The lowest BCUT2D eigenvalue weighted by Crippen LogP contribution is -2.47. The molecule has 0 saturated heterocycles.